The van der Waals surface area contributed by atoms with E-state index in [-0.39, 0.29) is 0 Å². The lowest BCUT2D eigenvalue weighted by Gasteiger charge is -2.14. The molecular formula is C20H16S2. The third kappa shape index (κ3) is 2.11. The van der Waals surface area contributed by atoms with Crippen molar-refractivity contribution in [2.75, 3.05) is 0 Å². The first kappa shape index (κ1) is 13.7. The first-order valence-corrected chi connectivity index (χ1v) is 9.12. The summed E-state index contributed by atoms with van der Waals surface area (Å²) in [5.41, 5.74) is 5.45. The molecular weight excluding hydrogens is 304 g/mol. The van der Waals surface area contributed by atoms with Crippen molar-refractivity contribution in [3.05, 3.63) is 70.4 Å². The molecule has 22 heavy (non-hydrogen) atoms. The first-order valence-electron chi connectivity index (χ1n) is 7.36. The maximum Gasteiger partial charge on any atom is 0.0351 e. The Morgan fingerprint density at radius 1 is 0.591 bits per heavy atom. The molecule has 0 spiro atoms. The molecule has 0 fully saturated rings. The molecule has 108 valence electrons. The van der Waals surface area contributed by atoms with E-state index in [0.29, 0.717) is 0 Å². The summed E-state index contributed by atoms with van der Waals surface area (Å²) >= 11 is 3.63. The quantitative estimate of drug-likeness (QED) is 0.376. The molecule has 0 saturated carbocycles. The molecule has 2 aromatic heterocycles. The van der Waals surface area contributed by atoms with Crippen LogP contribution in [0.25, 0.3) is 31.7 Å². The van der Waals surface area contributed by atoms with E-state index in [0.717, 1.165) is 0 Å². The summed E-state index contributed by atoms with van der Waals surface area (Å²) in [6.07, 6.45) is 0. The zero-order valence-electron chi connectivity index (χ0n) is 12.6. The van der Waals surface area contributed by atoms with Crippen molar-refractivity contribution < 1.29 is 0 Å². The molecule has 4 rings (SSSR count). The SMILES string of the molecule is Cc1ccc2c(-c3cccs3)c(C)ccc2c1-c1cccs1. The molecule has 2 heteroatoms. The second-order valence-electron chi connectivity index (χ2n) is 5.56. The van der Waals surface area contributed by atoms with E-state index >= 15 is 0 Å². The van der Waals surface area contributed by atoms with Crippen LogP contribution in [0.15, 0.2) is 59.3 Å². The van der Waals surface area contributed by atoms with Gasteiger partial charge >= 0.3 is 0 Å². The van der Waals surface area contributed by atoms with Gasteiger partial charge in [0.05, 0.1) is 0 Å². The fraction of sp³-hybridized carbons (Fsp3) is 0.100. The minimum Gasteiger partial charge on any atom is -0.144 e. The van der Waals surface area contributed by atoms with Crippen LogP contribution < -0.4 is 0 Å². The second-order valence-corrected chi connectivity index (χ2v) is 7.46. The van der Waals surface area contributed by atoms with Crippen LogP contribution in [-0.4, -0.2) is 0 Å². The van der Waals surface area contributed by atoms with Gasteiger partial charge in [0.15, 0.2) is 0 Å². The van der Waals surface area contributed by atoms with Crippen LogP contribution >= 0.6 is 22.7 Å². The monoisotopic (exact) mass is 320 g/mol. The molecule has 0 saturated heterocycles. The summed E-state index contributed by atoms with van der Waals surface area (Å²) in [4.78, 5) is 2.70. The highest BCUT2D eigenvalue weighted by Crippen LogP contribution is 2.40. The summed E-state index contributed by atoms with van der Waals surface area (Å²) in [6.45, 7) is 4.42. The number of rotatable bonds is 2. The van der Waals surface area contributed by atoms with Gasteiger partial charge in [-0.1, -0.05) is 36.4 Å². The fourth-order valence-electron chi connectivity index (χ4n) is 3.12. The van der Waals surface area contributed by atoms with Crippen LogP contribution in [0, 0.1) is 13.8 Å². The molecule has 0 aliphatic heterocycles. The van der Waals surface area contributed by atoms with Crippen molar-refractivity contribution in [1.82, 2.24) is 0 Å². The Morgan fingerprint density at radius 3 is 1.41 bits per heavy atom. The molecule has 0 nitrogen and oxygen atoms in total. The molecule has 2 heterocycles. The Morgan fingerprint density at radius 2 is 1.05 bits per heavy atom. The fourth-order valence-corrected chi connectivity index (χ4v) is 4.82. The summed E-state index contributed by atoms with van der Waals surface area (Å²) in [5.74, 6) is 0. The molecule has 0 N–H and O–H groups in total. The van der Waals surface area contributed by atoms with E-state index in [1.165, 1.54) is 42.8 Å². The Balaban J connectivity index is 2.12. The molecule has 0 aliphatic rings. The van der Waals surface area contributed by atoms with Crippen molar-refractivity contribution in [3.8, 4) is 20.9 Å². The summed E-state index contributed by atoms with van der Waals surface area (Å²) in [5, 5.41) is 7.03. The minimum atomic E-state index is 1.34. The standard InChI is InChI=1S/C20H16S2/c1-13-7-9-16-15(19(13)17-5-3-11-21-17)10-8-14(2)20(16)18-6-4-12-22-18/h3-12H,1-2H3. The van der Waals surface area contributed by atoms with Crippen molar-refractivity contribution in [3.63, 3.8) is 0 Å². The van der Waals surface area contributed by atoms with Crippen molar-refractivity contribution >= 4 is 33.4 Å². The predicted molar refractivity (Wildman–Crippen MR) is 100 cm³/mol. The highest BCUT2D eigenvalue weighted by Gasteiger charge is 2.13. The number of thiophene rings is 2. The van der Waals surface area contributed by atoms with E-state index in [2.05, 4.69) is 73.1 Å². The number of fused-ring (bicyclic) bond motifs is 1. The van der Waals surface area contributed by atoms with Gasteiger partial charge < -0.3 is 0 Å². The lowest BCUT2D eigenvalue weighted by molar-refractivity contribution is 1.48. The van der Waals surface area contributed by atoms with E-state index in [9.17, 15) is 0 Å². The Bertz CT molecular complexity index is 850. The maximum absolute atomic E-state index is 2.28. The summed E-state index contributed by atoms with van der Waals surface area (Å²) in [6, 6.07) is 17.8. The first-order chi connectivity index (χ1) is 10.8. The van der Waals surface area contributed by atoms with Crippen LogP contribution in [0.3, 0.4) is 0 Å². The molecule has 0 amide bonds. The van der Waals surface area contributed by atoms with Gasteiger partial charge in [-0.3, -0.25) is 0 Å². The zero-order chi connectivity index (χ0) is 15.1. The molecule has 0 aliphatic carbocycles. The Kier molecular flexibility index (Phi) is 3.36. The Labute approximate surface area is 138 Å². The number of hydrogen-bond donors (Lipinski definition) is 0. The van der Waals surface area contributed by atoms with E-state index in [4.69, 9.17) is 0 Å². The lowest BCUT2D eigenvalue weighted by atomic mass is 9.92. The average Bonchev–Trinajstić information content (AvgIpc) is 3.20. The van der Waals surface area contributed by atoms with Crippen LogP contribution in [0.1, 0.15) is 11.1 Å². The van der Waals surface area contributed by atoms with Gasteiger partial charge in [0.2, 0.25) is 0 Å². The zero-order valence-corrected chi connectivity index (χ0v) is 14.2. The molecule has 0 bridgehead atoms. The van der Waals surface area contributed by atoms with E-state index in [1.807, 2.05) is 22.7 Å². The number of benzene rings is 2. The van der Waals surface area contributed by atoms with Crippen molar-refractivity contribution in [2.45, 2.75) is 13.8 Å². The number of hydrogen-bond acceptors (Lipinski definition) is 2. The molecule has 4 aromatic rings. The molecule has 0 radical (unpaired) electrons. The third-order valence-electron chi connectivity index (χ3n) is 4.15. The normalized spacial score (nSPS) is 11.2. The van der Waals surface area contributed by atoms with Crippen LogP contribution in [0.2, 0.25) is 0 Å². The lowest BCUT2D eigenvalue weighted by Crippen LogP contribution is -1.89. The number of aryl methyl sites for hydroxylation is 2. The van der Waals surface area contributed by atoms with Gasteiger partial charge in [0.25, 0.3) is 0 Å². The predicted octanol–water partition coefficient (Wildman–Crippen LogP) is 6.91. The third-order valence-corrected chi connectivity index (χ3v) is 5.93. The van der Waals surface area contributed by atoms with Gasteiger partial charge in [-0.2, -0.15) is 0 Å². The van der Waals surface area contributed by atoms with Gasteiger partial charge in [0.1, 0.15) is 0 Å². The average molecular weight is 320 g/mol. The minimum absolute atomic E-state index is 1.34. The van der Waals surface area contributed by atoms with Crippen LogP contribution in [-0.2, 0) is 0 Å². The maximum atomic E-state index is 2.28. The smallest absolute Gasteiger partial charge is 0.0351 e. The Hall–Kier alpha value is -1.90. The van der Waals surface area contributed by atoms with E-state index in [1.54, 1.807) is 0 Å². The summed E-state index contributed by atoms with van der Waals surface area (Å²) in [7, 11) is 0. The highest BCUT2D eigenvalue weighted by molar-refractivity contribution is 7.14. The topological polar surface area (TPSA) is 0 Å². The van der Waals surface area contributed by atoms with Gasteiger partial charge in [-0.15, -0.1) is 22.7 Å². The summed E-state index contributed by atoms with van der Waals surface area (Å²) < 4.78 is 0. The van der Waals surface area contributed by atoms with Crippen molar-refractivity contribution in [2.24, 2.45) is 0 Å². The molecule has 2 aromatic carbocycles. The van der Waals surface area contributed by atoms with Gasteiger partial charge in [-0.25, -0.2) is 0 Å². The second kappa shape index (κ2) is 5.38. The molecule has 0 atom stereocenters. The van der Waals surface area contributed by atoms with Crippen LogP contribution in [0.5, 0.6) is 0 Å². The van der Waals surface area contributed by atoms with Crippen LogP contribution in [0.4, 0.5) is 0 Å². The van der Waals surface area contributed by atoms with E-state index < -0.39 is 0 Å². The van der Waals surface area contributed by atoms with Gasteiger partial charge in [0, 0.05) is 20.9 Å². The largest absolute Gasteiger partial charge is 0.144 e. The highest BCUT2D eigenvalue weighted by atomic mass is 32.1. The van der Waals surface area contributed by atoms with Gasteiger partial charge in [-0.05, 0) is 58.6 Å². The molecule has 0 unspecified atom stereocenters. The van der Waals surface area contributed by atoms with Crippen molar-refractivity contribution in [1.29, 1.82) is 0 Å².